The van der Waals surface area contributed by atoms with Gasteiger partial charge in [0.05, 0.1) is 18.5 Å². The van der Waals surface area contributed by atoms with Crippen LogP contribution in [0, 0.1) is 5.92 Å². The first-order valence-corrected chi connectivity index (χ1v) is 12.5. The molecule has 0 aromatic heterocycles. The highest BCUT2D eigenvalue weighted by atomic mass is 32.2. The van der Waals surface area contributed by atoms with Crippen molar-refractivity contribution < 1.29 is 35.6 Å². The highest BCUT2D eigenvalue weighted by molar-refractivity contribution is 7.92. The fourth-order valence-corrected chi connectivity index (χ4v) is 4.24. The molecule has 1 fully saturated rings. The maximum absolute atomic E-state index is 14.3. The zero-order chi connectivity index (χ0) is 26.5. The van der Waals surface area contributed by atoms with E-state index < -0.39 is 39.8 Å². The van der Waals surface area contributed by atoms with Gasteiger partial charge in [-0.15, -0.1) is 0 Å². The summed E-state index contributed by atoms with van der Waals surface area (Å²) in [5.41, 5.74) is 0.655. The van der Waals surface area contributed by atoms with Gasteiger partial charge in [-0.05, 0) is 35.4 Å². The molecule has 1 aliphatic rings. The summed E-state index contributed by atoms with van der Waals surface area (Å²) in [4.78, 5) is 26.2. The standard InChI is InChI=1S/C24H25F4N3O4S/c1-2-36(34,35)30-13-19-14-31(15-21(19)25)23(33)18-7-3-16(4-8-18)11-22(32)29-12-17-5-9-20(10-6-17)24(26,27)28/h2-10,19,21,30H,1,11-15H2,(H,29,32). The van der Waals surface area contributed by atoms with Crippen LogP contribution >= 0.6 is 0 Å². The summed E-state index contributed by atoms with van der Waals surface area (Å²) in [5.74, 6) is -1.44. The summed E-state index contributed by atoms with van der Waals surface area (Å²) in [5, 5.41) is 3.36. The minimum atomic E-state index is -4.43. The van der Waals surface area contributed by atoms with Gasteiger partial charge in [0.1, 0.15) is 6.17 Å². The monoisotopic (exact) mass is 527 g/mol. The molecule has 12 heteroatoms. The number of benzene rings is 2. The fourth-order valence-electron chi connectivity index (χ4n) is 3.68. The van der Waals surface area contributed by atoms with Crippen LogP contribution in [0.4, 0.5) is 17.6 Å². The van der Waals surface area contributed by atoms with Gasteiger partial charge in [-0.2, -0.15) is 13.2 Å². The molecule has 0 bridgehead atoms. The molecule has 0 saturated carbocycles. The highest BCUT2D eigenvalue weighted by Crippen LogP contribution is 2.29. The van der Waals surface area contributed by atoms with Crippen molar-refractivity contribution in [3.05, 3.63) is 82.8 Å². The molecule has 2 unspecified atom stereocenters. The van der Waals surface area contributed by atoms with Gasteiger partial charge in [0.25, 0.3) is 5.91 Å². The van der Waals surface area contributed by atoms with Crippen LogP contribution in [-0.4, -0.2) is 50.9 Å². The van der Waals surface area contributed by atoms with E-state index >= 15 is 0 Å². The molecule has 0 spiro atoms. The van der Waals surface area contributed by atoms with Gasteiger partial charge in [0, 0.05) is 36.5 Å². The van der Waals surface area contributed by atoms with Gasteiger partial charge in [-0.1, -0.05) is 30.8 Å². The third kappa shape index (κ3) is 7.37. The number of hydrogen-bond acceptors (Lipinski definition) is 4. The second-order valence-corrected chi connectivity index (χ2v) is 10.1. The quantitative estimate of drug-likeness (QED) is 0.490. The predicted molar refractivity (Wildman–Crippen MR) is 125 cm³/mol. The number of nitrogens with one attached hydrogen (secondary N) is 2. The van der Waals surface area contributed by atoms with E-state index in [0.717, 1.165) is 17.5 Å². The summed E-state index contributed by atoms with van der Waals surface area (Å²) in [7, 11) is -3.69. The zero-order valence-electron chi connectivity index (χ0n) is 19.1. The molecule has 194 valence electrons. The Bertz CT molecular complexity index is 1200. The molecular formula is C24H25F4N3O4S. The zero-order valence-corrected chi connectivity index (χ0v) is 19.9. The van der Waals surface area contributed by atoms with Gasteiger partial charge in [-0.3, -0.25) is 9.59 Å². The summed E-state index contributed by atoms with van der Waals surface area (Å²) < 4.78 is 77.4. The van der Waals surface area contributed by atoms with Crippen LogP contribution in [0.2, 0.25) is 0 Å². The van der Waals surface area contributed by atoms with Crippen LogP contribution in [0.15, 0.2) is 60.5 Å². The lowest BCUT2D eigenvalue weighted by Crippen LogP contribution is -2.33. The Morgan fingerprint density at radius 3 is 2.22 bits per heavy atom. The van der Waals surface area contributed by atoms with E-state index in [0.29, 0.717) is 16.7 Å². The normalized spacial score (nSPS) is 18.2. The number of amides is 2. The SMILES string of the molecule is C=CS(=O)(=O)NCC1CN(C(=O)c2ccc(CC(=O)NCc3ccc(C(F)(F)F)cc3)cc2)CC1F. The number of sulfonamides is 1. The Kier molecular flexibility index (Phi) is 8.51. The van der Waals surface area contributed by atoms with Gasteiger partial charge >= 0.3 is 6.18 Å². The van der Waals surface area contributed by atoms with E-state index in [1.165, 1.54) is 29.2 Å². The van der Waals surface area contributed by atoms with Crippen molar-refractivity contribution in [2.24, 2.45) is 5.92 Å². The second-order valence-electron chi connectivity index (χ2n) is 8.39. The van der Waals surface area contributed by atoms with Crippen LogP contribution in [0.1, 0.15) is 27.0 Å². The van der Waals surface area contributed by atoms with Gasteiger partial charge in [0.2, 0.25) is 15.9 Å². The first-order chi connectivity index (χ1) is 16.9. The van der Waals surface area contributed by atoms with Crippen molar-refractivity contribution in [2.75, 3.05) is 19.6 Å². The number of halogens is 4. The van der Waals surface area contributed by atoms with E-state index in [1.807, 2.05) is 0 Å². The van der Waals surface area contributed by atoms with E-state index in [1.54, 1.807) is 12.1 Å². The first-order valence-electron chi connectivity index (χ1n) is 10.9. The molecule has 7 nitrogen and oxygen atoms in total. The Morgan fingerprint density at radius 1 is 1.03 bits per heavy atom. The minimum absolute atomic E-state index is 0.00308. The van der Waals surface area contributed by atoms with E-state index in [4.69, 9.17) is 0 Å². The molecule has 1 heterocycles. The van der Waals surface area contributed by atoms with Crippen molar-refractivity contribution in [3.63, 3.8) is 0 Å². The van der Waals surface area contributed by atoms with Crippen LogP contribution < -0.4 is 10.0 Å². The molecule has 2 amide bonds. The Hall–Kier alpha value is -3.25. The Labute approximate surface area is 206 Å². The number of hydrogen-bond donors (Lipinski definition) is 2. The van der Waals surface area contributed by atoms with Crippen molar-refractivity contribution in [1.82, 2.24) is 14.9 Å². The van der Waals surface area contributed by atoms with E-state index in [9.17, 15) is 35.6 Å². The van der Waals surface area contributed by atoms with E-state index in [-0.39, 0.29) is 38.5 Å². The number of carbonyl (C=O) groups is 2. The van der Waals surface area contributed by atoms with E-state index in [2.05, 4.69) is 16.6 Å². The van der Waals surface area contributed by atoms with Gasteiger partial charge < -0.3 is 10.2 Å². The maximum Gasteiger partial charge on any atom is 0.416 e. The number of carbonyl (C=O) groups excluding carboxylic acids is 2. The van der Waals surface area contributed by atoms with Crippen molar-refractivity contribution in [3.8, 4) is 0 Å². The van der Waals surface area contributed by atoms with Crippen molar-refractivity contribution >= 4 is 21.8 Å². The Morgan fingerprint density at radius 2 is 1.64 bits per heavy atom. The summed E-state index contributed by atoms with van der Waals surface area (Å²) in [6.07, 6.45) is -5.81. The molecule has 3 rings (SSSR count). The fraction of sp³-hybridized carbons (Fsp3) is 0.333. The van der Waals surface area contributed by atoms with Crippen LogP contribution in [0.3, 0.4) is 0 Å². The molecule has 2 aromatic carbocycles. The number of nitrogens with zero attached hydrogens (tertiary/aromatic N) is 1. The highest BCUT2D eigenvalue weighted by Gasteiger charge is 2.36. The minimum Gasteiger partial charge on any atom is -0.352 e. The van der Waals surface area contributed by atoms with Crippen molar-refractivity contribution in [2.45, 2.75) is 25.3 Å². The number of alkyl halides is 4. The molecule has 2 aromatic rings. The van der Waals surface area contributed by atoms with Crippen molar-refractivity contribution in [1.29, 1.82) is 0 Å². The molecule has 1 aliphatic heterocycles. The second kappa shape index (κ2) is 11.2. The topological polar surface area (TPSA) is 95.6 Å². The van der Waals surface area contributed by atoms with Gasteiger partial charge in [0.15, 0.2) is 0 Å². The maximum atomic E-state index is 14.3. The number of rotatable bonds is 9. The smallest absolute Gasteiger partial charge is 0.352 e. The lowest BCUT2D eigenvalue weighted by molar-refractivity contribution is -0.137. The summed E-state index contributed by atoms with van der Waals surface area (Å²) in [6.45, 7) is 2.97. The molecule has 2 N–H and O–H groups in total. The first kappa shape index (κ1) is 27.3. The summed E-state index contributed by atoms with van der Waals surface area (Å²) >= 11 is 0. The molecule has 1 saturated heterocycles. The molecule has 2 atom stereocenters. The van der Waals surface area contributed by atoms with Gasteiger partial charge in [-0.25, -0.2) is 17.5 Å². The van der Waals surface area contributed by atoms with Crippen LogP contribution in [-0.2, 0) is 34.0 Å². The third-order valence-corrected chi connectivity index (χ3v) is 6.76. The molecule has 36 heavy (non-hydrogen) atoms. The van der Waals surface area contributed by atoms with Crippen LogP contribution in [0.25, 0.3) is 0 Å². The largest absolute Gasteiger partial charge is 0.416 e. The molecular weight excluding hydrogens is 502 g/mol. The average Bonchev–Trinajstić information content (AvgIpc) is 3.21. The summed E-state index contributed by atoms with van der Waals surface area (Å²) in [6, 6.07) is 10.7. The number of likely N-dealkylation sites (tertiary alicyclic amines) is 1. The molecule has 0 aliphatic carbocycles. The lowest BCUT2D eigenvalue weighted by Gasteiger charge is -2.16. The predicted octanol–water partition coefficient (Wildman–Crippen LogP) is 3.04. The average molecular weight is 528 g/mol. The Balaban J connectivity index is 1.49. The lowest BCUT2D eigenvalue weighted by atomic mass is 10.1. The van der Waals surface area contributed by atoms with Crippen LogP contribution in [0.5, 0.6) is 0 Å². The molecule has 0 radical (unpaired) electrons. The third-order valence-electron chi connectivity index (χ3n) is 5.75.